The zero-order chi connectivity index (χ0) is 22.5. The van der Waals surface area contributed by atoms with Gasteiger partial charge in [-0.25, -0.2) is 4.79 Å². The van der Waals surface area contributed by atoms with Crippen molar-refractivity contribution in [1.29, 1.82) is 0 Å². The highest BCUT2D eigenvalue weighted by Gasteiger charge is 2.29. The Bertz CT molecular complexity index is 1220. The number of hydrogen-bond acceptors (Lipinski definition) is 7. The molecule has 2 heterocycles. The van der Waals surface area contributed by atoms with E-state index in [1.165, 1.54) is 6.26 Å². The van der Waals surface area contributed by atoms with Crippen LogP contribution in [0.1, 0.15) is 41.4 Å². The molecule has 32 heavy (non-hydrogen) atoms. The standard InChI is InChI=1S/C25H27N3O4/c1-3-26-13-14-28-22(16-9-11-27-12-10-16)21-20-19(25(30)31-4-2)15-32-24(20)18-8-6-5-7-17(18)23(21)29/h5-12,15,22,26,28-29H,3-4,13-14H2,1-2H3. The Kier molecular flexibility index (Phi) is 6.68. The second-order valence-corrected chi connectivity index (χ2v) is 7.40. The Balaban J connectivity index is 1.98. The highest BCUT2D eigenvalue weighted by molar-refractivity contribution is 6.16. The third-order valence-corrected chi connectivity index (χ3v) is 5.47. The molecule has 7 heteroatoms. The SMILES string of the molecule is CCNCCNC(c1ccncc1)c1c(O)c2ccccc2c2occ(C(=O)OCC)c12. The maximum absolute atomic E-state index is 12.8. The van der Waals surface area contributed by atoms with Crippen LogP contribution in [0.5, 0.6) is 5.75 Å². The molecule has 4 aromatic rings. The Morgan fingerprint density at radius 3 is 2.59 bits per heavy atom. The third kappa shape index (κ3) is 4.04. The van der Waals surface area contributed by atoms with Gasteiger partial charge in [0.2, 0.25) is 0 Å². The summed E-state index contributed by atoms with van der Waals surface area (Å²) in [6, 6.07) is 10.9. The number of furan rings is 1. The van der Waals surface area contributed by atoms with Gasteiger partial charge >= 0.3 is 5.97 Å². The van der Waals surface area contributed by atoms with Crippen LogP contribution in [0.4, 0.5) is 0 Å². The summed E-state index contributed by atoms with van der Waals surface area (Å²) in [5, 5.41) is 20.2. The summed E-state index contributed by atoms with van der Waals surface area (Å²) in [6.07, 6.45) is 4.84. The minimum atomic E-state index is -0.483. The van der Waals surface area contributed by atoms with Crippen molar-refractivity contribution < 1.29 is 19.1 Å². The molecule has 7 nitrogen and oxygen atoms in total. The Labute approximate surface area is 186 Å². The van der Waals surface area contributed by atoms with E-state index >= 15 is 0 Å². The number of rotatable bonds is 9. The average molecular weight is 434 g/mol. The van der Waals surface area contributed by atoms with Gasteiger partial charge in [0.25, 0.3) is 0 Å². The molecule has 0 fully saturated rings. The summed E-state index contributed by atoms with van der Waals surface area (Å²) in [7, 11) is 0. The Hall–Kier alpha value is -3.42. The monoisotopic (exact) mass is 433 g/mol. The van der Waals surface area contributed by atoms with E-state index in [-0.39, 0.29) is 12.4 Å². The van der Waals surface area contributed by atoms with Crippen molar-refractivity contribution in [1.82, 2.24) is 15.6 Å². The lowest BCUT2D eigenvalue weighted by atomic mass is 9.90. The van der Waals surface area contributed by atoms with E-state index in [1.807, 2.05) is 36.4 Å². The molecule has 4 rings (SSSR count). The topological polar surface area (TPSA) is 96.6 Å². The maximum atomic E-state index is 12.8. The number of aromatic nitrogens is 1. The second-order valence-electron chi connectivity index (χ2n) is 7.40. The van der Waals surface area contributed by atoms with Gasteiger partial charge in [-0.15, -0.1) is 0 Å². The van der Waals surface area contributed by atoms with Crippen LogP contribution in [0.25, 0.3) is 21.7 Å². The molecule has 0 aliphatic heterocycles. The van der Waals surface area contributed by atoms with Crippen molar-refractivity contribution in [2.75, 3.05) is 26.2 Å². The minimum absolute atomic E-state index is 0.109. The number of esters is 1. The molecule has 0 saturated heterocycles. The van der Waals surface area contributed by atoms with E-state index in [2.05, 4.69) is 22.5 Å². The van der Waals surface area contributed by atoms with Crippen molar-refractivity contribution in [3.63, 3.8) is 0 Å². The van der Waals surface area contributed by atoms with Gasteiger partial charge in [0.1, 0.15) is 23.2 Å². The number of nitrogens with one attached hydrogen (secondary N) is 2. The summed E-state index contributed by atoms with van der Waals surface area (Å²) in [6.45, 7) is 6.33. The van der Waals surface area contributed by atoms with E-state index in [1.54, 1.807) is 19.3 Å². The number of hydrogen-bond donors (Lipinski definition) is 3. The summed E-state index contributed by atoms with van der Waals surface area (Å²) in [5.41, 5.74) is 2.34. The number of nitrogens with zero attached hydrogens (tertiary/aromatic N) is 1. The van der Waals surface area contributed by atoms with Crippen LogP contribution in [0.3, 0.4) is 0 Å². The summed E-state index contributed by atoms with van der Waals surface area (Å²) < 4.78 is 11.2. The number of carbonyl (C=O) groups excluding carboxylic acids is 1. The highest BCUT2D eigenvalue weighted by atomic mass is 16.5. The van der Waals surface area contributed by atoms with Crippen LogP contribution in [-0.2, 0) is 4.74 Å². The van der Waals surface area contributed by atoms with Crippen LogP contribution in [0, 0.1) is 0 Å². The molecule has 0 saturated carbocycles. The molecule has 0 spiro atoms. The van der Waals surface area contributed by atoms with Gasteiger partial charge in [0, 0.05) is 47.2 Å². The van der Waals surface area contributed by atoms with Crippen LogP contribution < -0.4 is 10.6 Å². The first kappa shape index (κ1) is 21.8. The second kappa shape index (κ2) is 9.80. The molecule has 1 unspecified atom stereocenters. The molecule has 0 amide bonds. The molecule has 3 N–H and O–H groups in total. The summed E-state index contributed by atoms with van der Waals surface area (Å²) in [5.74, 6) is -0.374. The number of benzene rings is 2. The number of carbonyl (C=O) groups is 1. The van der Waals surface area contributed by atoms with Crippen molar-refractivity contribution >= 4 is 27.7 Å². The largest absolute Gasteiger partial charge is 0.507 e. The molecule has 2 aromatic carbocycles. The van der Waals surface area contributed by atoms with Crippen molar-refractivity contribution in [2.24, 2.45) is 0 Å². The Morgan fingerprint density at radius 1 is 1.12 bits per heavy atom. The number of aromatic hydroxyl groups is 1. The van der Waals surface area contributed by atoms with Crippen molar-refractivity contribution in [2.45, 2.75) is 19.9 Å². The van der Waals surface area contributed by atoms with Crippen LogP contribution >= 0.6 is 0 Å². The molecule has 166 valence electrons. The first-order valence-corrected chi connectivity index (χ1v) is 10.8. The predicted molar refractivity (Wildman–Crippen MR) is 124 cm³/mol. The number of phenols is 1. The fourth-order valence-corrected chi connectivity index (χ4v) is 4.04. The lowest BCUT2D eigenvalue weighted by Gasteiger charge is -2.23. The quantitative estimate of drug-likeness (QED) is 0.269. The number of likely N-dealkylation sites (N-methyl/N-ethyl adjacent to an activating group) is 1. The summed E-state index contributed by atoms with van der Waals surface area (Å²) >= 11 is 0. The van der Waals surface area contributed by atoms with Gasteiger partial charge in [-0.2, -0.15) is 0 Å². The van der Waals surface area contributed by atoms with E-state index < -0.39 is 12.0 Å². The highest BCUT2D eigenvalue weighted by Crippen LogP contribution is 2.44. The first-order valence-electron chi connectivity index (χ1n) is 10.8. The van der Waals surface area contributed by atoms with Gasteiger partial charge in [-0.3, -0.25) is 4.98 Å². The van der Waals surface area contributed by atoms with Crippen LogP contribution in [-0.4, -0.2) is 42.3 Å². The van der Waals surface area contributed by atoms with Crippen LogP contribution in [0.2, 0.25) is 0 Å². The van der Waals surface area contributed by atoms with Gasteiger partial charge in [0.15, 0.2) is 0 Å². The number of ether oxygens (including phenoxy) is 1. The molecule has 1 atom stereocenters. The normalized spacial score (nSPS) is 12.3. The molecular weight excluding hydrogens is 406 g/mol. The number of fused-ring (bicyclic) bond motifs is 3. The average Bonchev–Trinajstić information content (AvgIpc) is 3.26. The minimum Gasteiger partial charge on any atom is -0.507 e. The van der Waals surface area contributed by atoms with E-state index in [9.17, 15) is 9.90 Å². The van der Waals surface area contributed by atoms with Crippen molar-refractivity contribution in [3.05, 3.63) is 71.7 Å². The van der Waals surface area contributed by atoms with Gasteiger partial charge < -0.3 is 24.9 Å². The molecule has 0 aliphatic rings. The zero-order valence-corrected chi connectivity index (χ0v) is 18.2. The smallest absolute Gasteiger partial charge is 0.342 e. The molecule has 0 bridgehead atoms. The molecular formula is C25H27N3O4. The van der Waals surface area contributed by atoms with E-state index in [0.717, 1.165) is 24.0 Å². The van der Waals surface area contributed by atoms with Gasteiger partial charge in [-0.05, 0) is 31.2 Å². The first-order chi connectivity index (χ1) is 15.7. The van der Waals surface area contributed by atoms with Gasteiger partial charge in [-0.1, -0.05) is 31.2 Å². The van der Waals surface area contributed by atoms with E-state index in [4.69, 9.17) is 9.15 Å². The number of pyridine rings is 1. The fourth-order valence-electron chi connectivity index (χ4n) is 4.04. The molecule has 0 aliphatic carbocycles. The fraction of sp³-hybridized carbons (Fsp3) is 0.280. The lowest BCUT2D eigenvalue weighted by Crippen LogP contribution is -2.31. The molecule has 2 aromatic heterocycles. The number of phenolic OH excluding ortho intramolecular Hbond substituents is 1. The van der Waals surface area contributed by atoms with Crippen LogP contribution in [0.15, 0.2) is 59.5 Å². The summed E-state index contributed by atoms with van der Waals surface area (Å²) in [4.78, 5) is 16.9. The lowest BCUT2D eigenvalue weighted by molar-refractivity contribution is 0.0527. The zero-order valence-electron chi connectivity index (χ0n) is 18.2. The van der Waals surface area contributed by atoms with Gasteiger partial charge in [0.05, 0.1) is 12.6 Å². The Morgan fingerprint density at radius 2 is 1.88 bits per heavy atom. The maximum Gasteiger partial charge on any atom is 0.342 e. The predicted octanol–water partition coefficient (Wildman–Crippen LogP) is 4.15. The third-order valence-electron chi connectivity index (χ3n) is 5.47. The van der Waals surface area contributed by atoms with E-state index in [0.29, 0.717) is 34.0 Å². The van der Waals surface area contributed by atoms with Crippen molar-refractivity contribution in [3.8, 4) is 5.75 Å². The molecule has 0 radical (unpaired) electrons.